The lowest BCUT2D eigenvalue weighted by Gasteiger charge is -2.16. The first-order valence-electron chi connectivity index (χ1n) is 8.92. The van der Waals surface area contributed by atoms with E-state index in [-0.39, 0.29) is 11.0 Å². The van der Waals surface area contributed by atoms with Gasteiger partial charge < -0.3 is 19.9 Å². The predicted molar refractivity (Wildman–Crippen MR) is 113 cm³/mol. The summed E-state index contributed by atoms with van der Waals surface area (Å²) >= 11 is 3.97. The van der Waals surface area contributed by atoms with Crippen molar-refractivity contribution in [1.29, 1.82) is 0 Å². The Morgan fingerprint density at radius 1 is 1.15 bits per heavy atom. The molecule has 0 saturated heterocycles. The quantitative estimate of drug-likeness (QED) is 0.323. The molecular formula is C18H27N3O4S2. The number of amides is 2. The number of carbonyl (C=O) groups excluding carboxylic acids is 2. The predicted octanol–water partition coefficient (Wildman–Crippen LogP) is 3.78. The Labute approximate surface area is 168 Å². The van der Waals surface area contributed by atoms with Crippen molar-refractivity contribution >= 4 is 51.9 Å². The monoisotopic (exact) mass is 413 g/mol. The van der Waals surface area contributed by atoms with E-state index in [4.69, 9.17) is 17.0 Å². The van der Waals surface area contributed by atoms with E-state index in [1.165, 1.54) is 6.92 Å². The molecule has 9 heteroatoms. The summed E-state index contributed by atoms with van der Waals surface area (Å²) in [6.45, 7) is 5.73. The maximum atomic E-state index is 12.3. The molecule has 1 rings (SSSR count). The number of thiocarbonyl (C=S) groups is 1. The minimum absolute atomic E-state index is 0.0444. The van der Waals surface area contributed by atoms with Crippen LogP contribution in [0.5, 0.6) is 0 Å². The lowest BCUT2D eigenvalue weighted by atomic mass is 10.2. The molecule has 0 fully saturated rings. The molecule has 1 aromatic rings. The van der Waals surface area contributed by atoms with Crippen molar-refractivity contribution in [3.05, 3.63) is 18.2 Å². The van der Waals surface area contributed by atoms with Crippen LogP contribution in [0.1, 0.15) is 46.5 Å². The molecule has 27 heavy (non-hydrogen) atoms. The first kappa shape index (κ1) is 23.2. The molecule has 0 aliphatic heterocycles. The third-order valence-corrected chi connectivity index (χ3v) is 5.09. The van der Waals surface area contributed by atoms with Crippen LogP contribution in [0, 0.1) is 0 Å². The Morgan fingerprint density at radius 3 is 2.48 bits per heavy atom. The first-order valence-corrected chi connectivity index (χ1v) is 10.6. The Bertz CT molecular complexity index is 655. The summed E-state index contributed by atoms with van der Waals surface area (Å²) in [5, 5.41) is 8.00. The first-order chi connectivity index (χ1) is 12.9. The number of rotatable bonds is 9. The third kappa shape index (κ3) is 9.07. The molecule has 0 spiro atoms. The minimum atomic E-state index is -1.14. The standard InChI is InChI=1S/C18H27N3O4S2/c1-4-6-10-25-18(23)21-17(26)20-15-9-8-14(27(24)11-7-5-2)12-16(15)19-13(3)22/h8-9,12H,4-7,10-11H2,1-3H3,(H,19,22)(H2,20,21,23,26). The van der Waals surface area contributed by atoms with Gasteiger partial charge in [0.15, 0.2) is 10.0 Å². The number of benzene rings is 1. The van der Waals surface area contributed by atoms with E-state index in [9.17, 15) is 14.1 Å². The fourth-order valence-electron chi connectivity index (χ4n) is 2.05. The highest BCUT2D eigenvalue weighted by atomic mass is 32.2. The zero-order chi connectivity index (χ0) is 20.2. The van der Waals surface area contributed by atoms with Gasteiger partial charge in [0, 0.05) is 13.0 Å². The maximum Gasteiger partial charge on any atom is 0.413 e. The van der Waals surface area contributed by atoms with Crippen molar-refractivity contribution in [3.63, 3.8) is 0 Å². The van der Waals surface area contributed by atoms with Gasteiger partial charge >= 0.3 is 6.09 Å². The second kappa shape index (κ2) is 12.5. The summed E-state index contributed by atoms with van der Waals surface area (Å²) in [5.74, 6) is 0.291. The van der Waals surface area contributed by atoms with Crippen LogP contribution in [-0.2, 0) is 20.7 Å². The average Bonchev–Trinajstić information content (AvgIpc) is 2.60. The number of hydrogen-bond acceptors (Lipinski definition) is 5. The van der Waals surface area contributed by atoms with E-state index < -0.39 is 17.3 Å². The molecule has 0 radical (unpaired) electrons. The third-order valence-electron chi connectivity index (χ3n) is 3.44. The molecule has 1 atom stereocenters. The Hall–Kier alpha value is -1.84. The lowest BCUT2D eigenvalue weighted by Crippen LogP contribution is -2.35. The Balaban J connectivity index is 2.81. The smallest absolute Gasteiger partial charge is 0.413 e. The summed E-state index contributed by atoms with van der Waals surface area (Å²) in [6.07, 6.45) is 2.87. The molecule has 1 aromatic carbocycles. The van der Waals surface area contributed by atoms with E-state index in [1.807, 2.05) is 13.8 Å². The fraction of sp³-hybridized carbons (Fsp3) is 0.500. The lowest BCUT2D eigenvalue weighted by molar-refractivity contribution is -0.114. The number of carbonyl (C=O) groups is 2. The normalized spacial score (nSPS) is 11.4. The van der Waals surface area contributed by atoms with E-state index >= 15 is 0 Å². The van der Waals surface area contributed by atoms with Crippen molar-refractivity contribution in [2.45, 2.75) is 51.3 Å². The number of ether oxygens (including phenoxy) is 1. The van der Waals surface area contributed by atoms with Crippen LogP contribution < -0.4 is 16.0 Å². The SMILES string of the molecule is CCCCOC(=O)NC(=S)Nc1ccc([S+]([O-])CCCC)cc1NC(C)=O. The highest BCUT2D eigenvalue weighted by molar-refractivity contribution is 7.91. The number of hydrogen-bond donors (Lipinski definition) is 3. The largest absolute Gasteiger partial charge is 0.611 e. The highest BCUT2D eigenvalue weighted by Crippen LogP contribution is 2.26. The second-order valence-electron chi connectivity index (χ2n) is 5.86. The summed E-state index contributed by atoms with van der Waals surface area (Å²) < 4.78 is 17.3. The van der Waals surface area contributed by atoms with Crippen LogP contribution in [0.25, 0.3) is 0 Å². The van der Waals surface area contributed by atoms with Crippen molar-refractivity contribution < 1.29 is 18.9 Å². The molecule has 0 aromatic heterocycles. The second-order valence-corrected chi connectivity index (χ2v) is 7.84. The van der Waals surface area contributed by atoms with Gasteiger partial charge in [-0.2, -0.15) is 0 Å². The van der Waals surface area contributed by atoms with Crippen molar-refractivity contribution in [3.8, 4) is 0 Å². The van der Waals surface area contributed by atoms with Gasteiger partial charge in [-0.15, -0.1) is 0 Å². The Morgan fingerprint density at radius 2 is 1.85 bits per heavy atom. The molecule has 0 aliphatic rings. The van der Waals surface area contributed by atoms with E-state index in [0.717, 1.165) is 25.7 Å². The summed E-state index contributed by atoms with van der Waals surface area (Å²) in [5.41, 5.74) is 0.925. The van der Waals surface area contributed by atoms with Gasteiger partial charge in [-0.05, 0) is 48.4 Å². The molecule has 3 N–H and O–H groups in total. The molecule has 1 unspecified atom stereocenters. The van der Waals surface area contributed by atoms with E-state index in [0.29, 0.717) is 28.6 Å². The van der Waals surface area contributed by atoms with Gasteiger partial charge in [0.05, 0.1) is 18.0 Å². The zero-order valence-electron chi connectivity index (χ0n) is 15.9. The number of nitrogens with one attached hydrogen (secondary N) is 3. The Kier molecular flexibility index (Phi) is 10.8. The van der Waals surface area contributed by atoms with Gasteiger partial charge in [-0.1, -0.05) is 26.7 Å². The molecule has 0 saturated carbocycles. The van der Waals surface area contributed by atoms with Crippen LogP contribution in [0.2, 0.25) is 0 Å². The number of anilines is 2. The topological polar surface area (TPSA) is 103 Å². The van der Waals surface area contributed by atoms with Gasteiger partial charge in [0.2, 0.25) is 5.91 Å². The van der Waals surface area contributed by atoms with Gasteiger partial charge in [0.25, 0.3) is 0 Å². The molecule has 0 aliphatic carbocycles. The molecule has 7 nitrogen and oxygen atoms in total. The van der Waals surface area contributed by atoms with E-state index in [1.54, 1.807) is 18.2 Å². The minimum Gasteiger partial charge on any atom is -0.611 e. The van der Waals surface area contributed by atoms with Crippen molar-refractivity contribution in [2.24, 2.45) is 0 Å². The zero-order valence-corrected chi connectivity index (χ0v) is 17.6. The summed E-state index contributed by atoms with van der Waals surface area (Å²) in [6, 6.07) is 5.03. The van der Waals surface area contributed by atoms with Gasteiger partial charge in [-0.3, -0.25) is 10.1 Å². The van der Waals surface area contributed by atoms with Crippen LogP contribution in [-0.4, -0.2) is 34.0 Å². The molecule has 0 bridgehead atoms. The molecule has 0 heterocycles. The fourth-order valence-corrected chi connectivity index (χ4v) is 3.50. The van der Waals surface area contributed by atoms with Crippen LogP contribution >= 0.6 is 12.2 Å². The maximum absolute atomic E-state index is 12.3. The van der Waals surface area contributed by atoms with Crippen LogP contribution in [0.3, 0.4) is 0 Å². The van der Waals surface area contributed by atoms with Crippen LogP contribution in [0.4, 0.5) is 16.2 Å². The number of alkyl carbamates (subject to hydrolysis) is 1. The highest BCUT2D eigenvalue weighted by Gasteiger charge is 2.15. The van der Waals surface area contributed by atoms with Crippen molar-refractivity contribution in [1.82, 2.24) is 5.32 Å². The molecule has 150 valence electrons. The summed E-state index contributed by atoms with van der Waals surface area (Å²) in [4.78, 5) is 23.8. The average molecular weight is 414 g/mol. The summed E-state index contributed by atoms with van der Waals surface area (Å²) in [7, 11) is 0. The molecule has 2 amide bonds. The van der Waals surface area contributed by atoms with Gasteiger partial charge in [0.1, 0.15) is 5.75 Å². The van der Waals surface area contributed by atoms with Crippen molar-refractivity contribution in [2.75, 3.05) is 23.0 Å². The van der Waals surface area contributed by atoms with Gasteiger partial charge in [-0.25, -0.2) is 4.79 Å². The molecular weight excluding hydrogens is 386 g/mol. The van der Waals surface area contributed by atoms with E-state index in [2.05, 4.69) is 16.0 Å². The van der Waals surface area contributed by atoms with Crippen LogP contribution in [0.15, 0.2) is 23.1 Å². The number of unbranched alkanes of at least 4 members (excludes halogenated alkanes) is 2.